The number of aryl methyl sites for hydroxylation is 1. The van der Waals surface area contributed by atoms with Gasteiger partial charge < -0.3 is 19.6 Å². The van der Waals surface area contributed by atoms with Gasteiger partial charge in [-0.25, -0.2) is 4.98 Å². The fourth-order valence-electron chi connectivity index (χ4n) is 1.96. The first-order chi connectivity index (χ1) is 10.2. The van der Waals surface area contributed by atoms with Crippen LogP contribution in [0.15, 0.2) is 28.3 Å². The Bertz CT molecular complexity index is 513. The van der Waals surface area contributed by atoms with Crippen LogP contribution in [-0.4, -0.2) is 36.0 Å². The molecule has 0 amide bonds. The lowest BCUT2D eigenvalue weighted by molar-refractivity contribution is 0.0370. The smallest absolute Gasteiger partial charge is 0.120 e. The molecular weight excluding hydrogens is 288 g/mol. The fourth-order valence-corrected chi connectivity index (χ4v) is 2.72. The van der Waals surface area contributed by atoms with Crippen molar-refractivity contribution >= 4 is 11.3 Å². The van der Waals surface area contributed by atoms with Crippen molar-refractivity contribution in [1.29, 1.82) is 0 Å². The lowest BCUT2D eigenvalue weighted by Crippen LogP contribution is -2.32. The van der Waals surface area contributed by atoms with Crippen molar-refractivity contribution in [2.24, 2.45) is 0 Å². The van der Waals surface area contributed by atoms with Crippen molar-refractivity contribution < 1.29 is 14.3 Å². The van der Waals surface area contributed by atoms with E-state index in [2.05, 4.69) is 10.3 Å². The zero-order valence-corrected chi connectivity index (χ0v) is 13.2. The van der Waals surface area contributed by atoms with Crippen LogP contribution in [0.1, 0.15) is 29.3 Å². The largest absolute Gasteiger partial charge is 0.468 e. The fraction of sp³-hybridized carbons (Fsp3) is 0.533. The number of hydrogen-bond donors (Lipinski definition) is 2. The van der Waals surface area contributed by atoms with Gasteiger partial charge in [-0.1, -0.05) is 0 Å². The molecule has 0 bridgehead atoms. The van der Waals surface area contributed by atoms with Crippen LogP contribution in [0.2, 0.25) is 0 Å². The van der Waals surface area contributed by atoms with E-state index >= 15 is 0 Å². The average molecular weight is 310 g/mol. The average Bonchev–Trinajstić information content (AvgIpc) is 3.13. The maximum absolute atomic E-state index is 9.88. The molecule has 0 radical (unpaired) electrons. The van der Waals surface area contributed by atoms with Crippen LogP contribution in [0.25, 0.3) is 0 Å². The molecule has 2 aromatic heterocycles. The highest BCUT2D eigenvalue weighted by molar-refractivity contribution is 7.09. The van der Waals surface area contributed by atoms with Crippen molar-refractivity contribution in [3.8, 4) is 0 Å². The number of rotatable bonds is 9. The quantitative estimate of drug-likeness (QED) is 0.696. The minimum Gasteiger partial charge on any atom is -0.468 e. The zero-order chi connectivity index (χ0) is 15.1. The summed E-state index contributed by atoms with van der Waals surface area (Å²) in [5.41, 5.74) is 2.91. The third-order valence-electron chi connectivity index (χ3n) is 3.26. The molecule has 116 valence electrons. The number of aliphatic hydroxyl groups is 1. The summed E-state index contributed by atoms with van der Waals surface area (Å²) in [6.45, 7) is 5.41. The van der Waals surface area contributed by atoms with E-state index < -0.39 is 6.10 Å². The number of aliphatic hydroxyl groups excluding tert-OH is 1. The van der Waals surface area contributed by atoms with Crippen molar-refractivity contribution in [2.75, 3.05) is 19.8 Å². The molecule has 0 saturated carbocycles. The van der Waals surface area contributed by atoms with Gasteiger partial charge in [0.05, 0.1) is 42.8 Å². The first kappa shape index (κ1) is 16.2. The summed E-state index contributed by atoms with van der Waals surface area (Å²) in [4.78, 5) is 5.44. The predicted octanol–water partition coefficient (Wildman–Crippen LogP) is 2.32. The molecule has 2 heterocycles. The second-order valence-electron chi connectivity index (χ2n) is 4.99. The Labute approximate surface area is 129 Å². The van der Waals surface area contributed by atoms with Crippen LogP contribution >= 0.6 is 11.3 Å². The maximum Gasteiger partial charge on any atom is 0.120 e. The second kappa shape index (κ2) is 8.29. The molecule has 2 N–H and O–H groups in total. The van der Waals surface area contributed by atoms with Crippen LogP contribution in [0.5, 0.6) is 0 Å². The molecule has 6 heteroatoms. The lowest BCUT2D eigenvalue weighted by Gasteiger charge is -2.15. The van der Waals surface area contributed by atoms with Crippen molar-refractivity contribution in [3.05, 3.63) is 40.2 Å². The van der Waals surface area contributed by atoms with Gasteiger partial charge in [0.15, 0.2) is 0 Å². The van der Waals surface area contributed by atoms with E-state index in [9.17, 15) is 5.11 Å². The molecule has 21 heavy (non-hydrogen) atoms. The Hall–Kier alpha value is -1.21. The first-order valence-electron chi connectivity index (χ1n) is 7.08. The third-order valence-corrected chi connectivity index (χ3v) is 4.25. The summed E-state index contributed by atoms with van der Waals surface area (Å²) in [6, 6.07) is 3.85. The Morgan fingerprint density at radius 3 is 3.05 bits per heavy atom. The summed E-state index contributed by atoms with van der Waals surface area (Å²) >= 11 is 1.64. The monoisotopic (exact) mass is 310 g/mol. The van der Waals surface area contributed by atoms with Crippen LogP contribution in [-0.2, 0) is 11.2 Å². The maximum atomic E-state index is 9.88. The normalized spacial score (nSPS) is 14.2. The van der Waals surface area contributed by atoms with Gasteiger partial charge >= 0.3 is 0 Å². The van der Waals surface area contributed by atoms with E-state index in [1.165, 1.54) is 4.88 Å². The summed E-state index contributed by atoms with van der Waals surface area (Å²) in [6.07, 6.45) is 1.97. The molecule has 0 saturated heterocycles. The predicted molar refractivity (Wildman–Crippen MR) is 82.5 cm³/mol. The minimum absolute atomic E-state index is 0.0782. The van der Waals surface area contributed by atoms with E-state index in [1.807, 2.05) is 31.5 Å². The van der Waals surface area contributed by atoms with Gasteiger partial charge in [0.1, 0.15) is 5.76 Å². The molecular formula is C15H22N2O3S. The van der Waals surface area contributed by atoms with E-state index in [0.29, 0.717) is 19.8 Å². The molecule has 5 nitrogen and oxygen atoms in total. The lowest BCUT2D eigenvalue weighted by atomic mass is 10.2. The summed E-state index contributed by atoms with van der Waals surface area (Å²) in [5, 5.41) is 13.1. The van der Waals surface area contributed by atoms with Crippen molar-refractivity contribution in [3.63, 3.8) is 0 Å². The highest BCUT2D eigenvalue weighted by Crippen LogP contribution is 2.13. The van der Waals surface area contributed by atoms with Gasteiger partial charge in [-0.3, -0.25) is 0 Å². The molecule has 0 aliphatic carbocycles. The number of aromatic nitrogens is 1. The Kier molecular flexibility index (Phi) is 6.38. The van der Waals surface area contributed by atoms with Gasteiger partial charge in [-0.05, 0) is 26.0 Å². The van der Waals surface area contributed by atoms with Gasteiger partial charge in [0.25, 0.3) is 0 Å². The van der Waals surface area contributed by atoms with Crippen LogP contribution in [0, 0.1) is 6.92 Å². The number of thiazole rings is 1. The van der Waals surface area contributed by atoms with Gasteiger partial charge in [-0.2, -0.15) is 0 Å². The molecule has 0 aromatic carbocycles. The SMILES string of the molecule is Cc1ncsc1CCOCC(O)CNC(C)c1ccco1. The van der Waals surface area contributed by atoms with Crippen LogP contribution < -0.4 is 5.32 Å². The summed E-state index contributed by atoms with van der Waals surface area (Å²) in [7, 11) is 0. The highest BCUT2D eigenvalue weighted by Gasteiger charge is 2.11. The topological polar surface area (TPSA) is 67.5 Å². The number of hydrogen-bond acceptors (Lipinski definition) is 6. The second-order valence-corrected chi connectivity index (χ2v) is 5.92. The molecule has 0 fully saturated rings. The van der Waals surface area contributed by atoms with E-state index in [1.54, 1.807) is 17.6 Å². The minimum atomic E-state index is -0.523. The van der Waals surface area contributed by atoms with Crippen LogP contribution in [0.3, 0.4) is 0 Å². The van der Waals surface area contributed by atoms with E-state index in [-0.39, 0.29) is 6.04 Å². The Morgan fingerprint density at radius 1 is 1.52 bits per heavy atom. The van der Waals surface area contributed by atoms with Gasteiger partial charge in [0, 0.05) is 17.8 Å². The third kappa shape index (κ3) is 5.24. The van der Waals surface area contributed by atoms with Crippen LogP contribution in [0.4, 0.5) is 0 Å². The molecule has 2 aromatic rings. The molecule has 2 rings (SSSR count). The molecule has 2 unspecified atom stereocenters. The Morgan fingerprint density at radius 2 is 2.38 bits per heavy atom. The number of nitrogens with one attached hydrogen (secondary N) is 1. The summed E-state index contributed by atoms with van der Waals surface area (Å²) < 4.78 is 10.8. The van der Waals surface area contributed by atoms with E-state index in [4.69, 9.17) is 9.15 Å². The van der Waals surface area contributed by atoms with Crippen molar-refractivity contribution in [1.82, 2.24) is 10.3 Å². The molecule has 0 aliphatic heterocycles. The van der Waals surface area contributed by atoms with Crippen molar-refractivity contribution in [2.45, 2.75) is 32.4 Å². The zero-order valence-electron chi connectivity index (χ0n) is 12.4. The number of furan rings is 1. The van der Waals surface area contributed by atoms with Gasteiger partial charge in [-0.15, -0.1) is 11.3 Å². The standard InChI is InChI=1S/C15H22N2O3S/c1-11(14-4-3-6-20-14)16-8-13(18)9-19-7-5-15-12(2)17-10-21-15/h3-4,6,10-11,13,16,18H,5,7-9H2,1-2H3. The molecule has 2 atom stereocenters. The molecule has 0 spiro atoms. The summed E-state index contributed by atoms with van der Waals surface area (Å²) in [5.74, 6) is 0.865. The molecule has 0 aliphatic rings. The van der Waals surface area contributed by atoms with Gasteiger partial charge in [0.2, 0.25) is 0 Å². The first-order valence-corrected chi connectivity index (χ1v) is 7.96. The number of nitrogens with zero attached hydrogens (tertiary/aromatic N) is 1. The highest BCUT2D eigenvalue weighted by atomic mass is 32.1. The Balaban J connectivity index is 1.57. The van der Waals surface area contributed by atoms with E-state index in [0.717, 1.165) is 17.9 Å². The number of ether oxygens (including phenoxy) is 1.